The lowest BCUT2D eigenvalue weighted by molar-refractivity contribution is 0.0998. The number of rotatable bonds is 5. The Labute approximate surface area is 171 Å². The van der Waals surface area contributed by atoms with E-state index in [-0.39, 0.29) is 6.03 Å². The van der Waals surface area contributed by atoms with Gasteiger partial charge in [0.1, 0.15) is 0 Å². The molecule has 1 aromatic carbocycles. The number of nitrogens with zero attached hydrogens (tertiary/aromatic N) is 3. The molecule has 4 rings (SSSR count). The molecule has 3 N–H and O–H groups in total. The Kier molecular flexibility index (Phi) is 5.83. The fourth-order valence-corrected chi connectivity index (χ4v) is 4.51. The van der Waals surface area contributed by atoms with E-state index in [0.29, 0.717) is 23.9 Å². The number of piperidine rings is 1. The number of carbonyl (C=O) groups excluding carboxylic acids is 2. The van der Waals surface area contributed by atoms with E-state index in [1.807, 2.05) is 15.6 Å². The monoisotopic (exact) mass is 395 g/mol. The lowest BCUT2D eigenvalue weighted by atomic mass is 9.90. The number of nitrogens with two attached hydrogens (primary N) is 1. The first-order chi connectivity index (χ1) is 14.1. The van der Waals surface area contributed by atoms with Gasteiger partial charge >= 0.3 is 6.03 Å². The van der Waals surface area contributed by atoms with Crippen molar-refractivity contribution in [2.75, 3.05) is 19.6 Å². The standard InChI is InChI=1S/C22H29N5O2/c23-21(28)19-15-25-27-11-8-18(13-20(19)27)14-24-22(29)26-9-6-17(7-10-26)12-16-4-2-1-3-5-16/h1-5,15,17-18H,6-14H2,(H2,23,28)(H,24,29). The number of hydrogen-bond donors (Lipinski definition) is 2. The summed E-state index contributed by atoms with van der Waals surface area (Å²) in [5, 5.41) is 7.34. The van der Waals surface area contributed by atoms with Gasteiger partial charge in [0.05, 0.1) is 17.5 Å². The van der Waals surface area contributed by atoms with Gasteiger partial charge in [0.15, 0.2) is 0 Å². The van der Waals surface area contributed by atoms with Crippen molar-refractivity contribution >= 4 is 11.9 Å². The van der Waals surface area contributed by atoms with Gasteiger partial charge in [-0.25, -0.2) is 4.79 Å². The fraction of sp³-hybridized carbons (Fsp3) is 0.500. The van der Waals surface area contributed by atoms with Crippen LogP contribution in [0.2, 0.25) is 0 Å². The van der Waals surface area contributed by atoms with Gasteiger partial charge in [-0.1, -0.05) is 30.3 Å². The predicted molar refractivity (Wildman–Crippen MR) is 110 cm³/mol. The number of urea groups is 1. The number of carbonyl (C=O) groups is 2. The number of primary amides is 1. The number of nitrogens with one attached hydrogen (secondary N) is 1. The molecular formula is C22H29N5O2. The molecule has 154 valence electrons. The van der Waals surface area contributed by atoms with Gasteiger partial charge in [0.25, 0.3) is 5.91 Å². The molecule has 2 aromatic rings. The Morgan fingerprint density at radius 1 is 1.07 bits per heavy atom. The van der Waals surface area contributed by atoms with E-state index in [4.69, 9.17) is 5.73 Å². The smallest absolute Gasteiger partial charge is 0.317 e. The largest absolute Gasteiger partial charge is 0.365 e. The number of aryl methyl sites for hydroxylation is 1. The summed E-state index contributed by atoms with van der Waals surface area (Å²) >= 11 is 0. The minimum atomic E-state index is -0.436. The van der Waals surface area contributed by atoms with E-state index < -0.39 is 5.91 Å². The number of amides is 3. The van der Waals surface area contributed by atoms with Crippen molar-refractivity contribution in [1.82, 2.24) is 20.0 Å². The molecule has 29 heavy (non-hydrogen) atoms. The Morgan fingerprint density at radius 2 is 1.79 bits per heavy atom. The topological polar surface area (TPSA) is 93.2 Å². The van der Waals surface area contributed by atoms with E-state index >= 15 is 0 Å². The molecule has 2 aliphatic rings. The SMILES string of the molecule is NC(=O)c1cnn2c1CC(CNC(=O)N1CCC(Cc3ccccc3)CC1)CC2. The van der Waals surface area contributed by atoms with E-state index in [2.05, 4.69) is 34.7 Å². The van der Waals surface area contributed by atoms with Crippen molar-refractivity contribution in [3.8, 4) is 0 Å². The zero-order valence-corrected chi connectivity index (χ0v) is 16.7. The number of fused-ring (bicyclic) bond motifs is 1. The zero-order valence-electron chi connectivity index (χ0n) is 16.7. The lowest BCUT2D eigenvalue weighted by Crippen LogP contribution is -2.46. The Hall–Kier alpha value is -2.83. The molecule has 2 aliphatic heterocycles. The average molecular weight is 396 g/mol. The molecule has 1 saturated heterocycles. The maximum absolute atomic E-state index is 12.6. The average Bonchev–Trinajstić information content (AvgIpc) is 3.17. The van der Waals surface area contributed by atoms with Crippen molar-refractivity contribution in [3.05, 3.63) is 53.3 Å². The molecule has 0 radical (unpaired) electrons. The minimum Gasteiger partial charge on any atom is -0.365 e. The van der Waals surface area contributed by atoms with Crippen molar-refractivity contribution in [2.45, 2.75) is 38.6 Å². The molecule has 3 amide bonds. The summed E-state index contributed by atoms with van der Waals surface area (Å²) in [5.74, 6) is 0.512. The number of aromatic nitrogens is 2. The minimum absolute atomic E-state index is 0.0253. The van der Waals surface area contributed by atoms with Gasteiger partial charge in [0.2, 0.25) is 0 Å². The summed E-state index contributed by atoms with van der Waals surface area (Å²) in [5.41, 5.74) is 8.21. The van der Waals surface area contributed by atoms with Crippen LogP contribution in [0, 0.1) is 11.8 Å². The molecule has 7 nitrogen and oxygen atoms in total. The molecule has 1 fully saturated rings. The first-order valence-electron chi connectivity index (χ1n) is 10.5. The maximum Gasteiger partial charge on any atom is 0.317 e. The Morgan fingerprint density at radius 3 is 2.52 bits per heavy atom. The Balaban J connectivity index is 1.22. The highest BCUT2D eigenvalue weighted by atomic mass is 16.2. The van der Waals surface area contributed by atoms with Crippen LogP contribution >= 0.6 is 0 Å². The predicted octanol–water partition coefficient (Wildman–Crippen LogP) is 2.21. The number of likely N-dealkylation sites (tertiary alicyclic amines) is 1. The molecule has 0 spiro atoms. The highest BCUT2D eigenvalue weighted by Crippen LogP contribution is 2.24. The molecule has 0 bridgehead atoms. The third-order valence-corrected chi connectivity index (χ3v) is 6.26. The van der Waals surface area contributed by atoms with Crippen molar-refractivity contribution in [2.24, 2.45) is 17.6 Å². The quantitative estimate of drug-likeness (QED) is 0.813. The van der Waals surface area contributed by atoms with Crippen molar-refractivity contribution < 1.29 is 9.59 Å². The van der Waals surface area contributed by atoms with Crippen LogP contribution in [-0.4, -0.2) is 46.3 Å². The summed E-state index contributed by atoms with van der Waals surface area (Å²) in [6.45, 7) is 3.00. The summed E-state index contributed by atoms with van der Waals surface area (Å²) in [6, 6.07) is 10.6. The van der Waals surface area contributed by atoms with Crippen molar-refractivity contribution in [1.29, 1.82) is 0 Å². The van der Waals surface area contributed by atoms with E-state index in [1.165, 1.54) is 5.56 Å². The first-order valence-corrected chi connectivity index (χ1v) is 10.5. The van der Waals surface area contributed by atoms with Crippen LogP contribution in [0.15, 0.2) is 36.5 Å². The normalized spacial score (nSPS) is 19.6. The molecule has 1 unspecified atom stereocenters. The van der Waals surface area contributed by atoms with E-state index in [0.717, 1.165) is 57.4 Å². The van der Waals surface area contributed by atoms with Gasteiger partial charge < -0.3 is 16.0 Å². The van der Waals surface area contributed by atoms with Crippen LogP contribution in [0.3, 0.4) is 0 Å². The summed E-state index contributed by atoms with van der Waals surface area (Å²) in [4.78, 5) is 26.1. The molecule has 0 saturated carbocycles. The van der Waals surface area contributed by atoms with Gasteiger partial charge in [-0.2, -0.15) is 5.10 Å². The summed E-state index contributed by atoms with van der Waals surface area (Å²) < 4.78 is 1.86. The van der Waals surface area contributed by atoms with Crippen LogP contribution in [0.1, 0.15) is 40.9 Å². The summed E-state index contributed by atoms with van der Waals surface area (Å²) in [7, 11) is 0. The number of hydrogen-bond acceptors (Lipinski definition) is 3. The third-order valence-electron chi connectivity index (χ3n) is 6.26. The fourth-order valence-electron chi connectivity index (χ4n) is 4.51. The zero-order chi connectivity index (χ0) is 20.2. The van der Waals surface area contributed by atoms with Crippen LogP contribution in [0.5, 0.6) is 0 Å². The first kappa shape index (κ1) is 19.5. The van der Waals surface area contributed by atoms with Crippen molar-refractivity contribution in [3.63, 3.8) is 0 Å². The maximum atomic E-state index is 12.6. The highest BCUT2D eigenvalue weighted by Gasteiger charge is 2.26. The van der Waals surface area contributed by atoms with E-state index in [1.54, 1.807) is 6.20 Å². The second-order valence-corrected chi connectivity index (χ2v) is 8.26. The Bertz CT molecular complexity index is 855. The van der Waals surface area contributed by atoms with Crippen LogP contribution in [0.25, 0.3) is 0 Å². The summed E-state index contributed by atoms with van der Waals surface area (Å²) in [6.07, 6.45) is 6.40. The van der Waals surface area contributed by atoms with Gasteiger partial charge in [-0.05, 0) is 49.5 Å². The lowest BCUT2D eigenvalue weighted by Gasteiger charge is -2.33. The van der Waals surface area contributed by atoms with Crippen LogP contribution in [0.4, 0.5) is 4.79 Å². The van der Waals surface area contributed by atoms with E-state index in [9.17, 15) is 9.59 Å². The molecule has 1 aromatic heterocycles. The van der Waals surface area contributed by atoms with Gasteiger partial charge in [-0.3, -0.25) is 9.48 Å². The molecule has 0 aliphatic carbocycles. The molecular weight excluding hydrogens is 366 g/mol. The second-order valence-electron chi connectivity index (χ2n) is 8.26. The van der Waals surface area contributed by atoms with Gasteiger partial charge in [-0.15, -0.1) is 0 Å². The van der Waals surface area contributed by atoms with Crippen LogP contribution < -0.4 is 11.1 Å². The molecule has 1 atom stereocenters. The van der Waals surface area contributed by atoms with Gasteiger partial charge in [0, 0.05) is 26.2 Å². The third kappa shape index (κ3) is 4.60. The number of benzene rings is 1. The van der Waals surface area contributed by atoms with Crippen LogP contribution in [-0.2, 0) is 19.4 Å². The highest BCUT2D eigenvalue weighted by molar-refractivity contribution is 5.93. The molecule has 7 heteroatoms. The molecule has 3 heterocycles. The second kappa shape index (κ2) is 8.68.